The summed E-state index contributed by atoms with van der Waals surface area (Å²) in [5.41, 5.74) is 3.13. The van der Waals surface area contributed by atoms with Crippen LogP contribution in [0.25, 0.3) is 0 Å². The summed E-state index contributed by atoms with van der Waals surface area (Å²) in [5, 5.41) is 2.78. The highest BCUT2D eigenvalue weighted by molar-refractivity contribution is 7.89. The predicted molar refractivity (Wildman–Crippen MR) is 123 cm³/mol. The van der Waals surface area contributed by atoms with Gasteiger partial charge in [-0.05, 0) is 59.4 Å². The third kappa shape index (κ3) is 6.23. The summed E-state index contributed by atoms with van der Waals surface area (Å²) in [6, 6.07) is 17.6. The first-order chi connectivity index (χ1) is 14.6. The van der Waals surface area contributed by atoms with E-state index in [0.717, 1.165) is 11.1 Å². The Morgan fingerprint density at radius 3 is 2.23 bits per heavy atom. The first-order valence-electron chi connectivity index (χ1n) is 10.1. The van der Waals surface area contributed by atoms with Crippen LogP contribution in [0.5, 0.6) is 0 Å². The lowest BCUT2D eigenvalue weighted by molar-refractivity contribution is 0.102. The second-order valence-corrected chi connectivity index (χ2v) is 10.1. The first-order valence-corrected chi connectivity index (χ1v) is 11.5. The van der Waals surface area contributed by atoms with Crippen molar-refractivity contribution in [3.05, 3.63) is 89.7 Å². The number of nitrogens with zero attached hydrogens (tertiary/aromatic N) is 1. The summed E-state index contributed by atoms with van der Waals surface area (Å²) >= 11 is 0. The number of hydrogen-bond donors (Lipinski definition) is 2. The van der Waals surface area contributed by atoms with Gasteiger partial charge in [0.2, 0.25) is 10.0 Å². The highest BCUT2D eigenvalue weighted by atomic mass is 32.2. The normalized spacial score (nSPS) is 11.8. The topological polar surface area (TPSA) is 88.2 Å². The number of carbonyl (C=O) groups excluding carboxylic acids is 1. The summed E-state index contributed by atoms with van der Waals surface area (Å²) in [4.78, 5) is 16.5. The van der Waals surface area contributed by atoms with Gasteiger partial charge >= 0.3 is 0 Å². The van der Waals surface area contributed by atoms with Gasteiger partial charge < -0.3 is 5.32 Å². The Kier molecular flexibility index (Phi) is 6.87. The maximum Gasteiger partial charge on any atom is 0.255 e. The molecule has 0 spiro atoms. The Hall–Kier alpha value is -3.03. The maximum atomic E-state index is 12.5. The molecule has 1 aromatic heterocycles. The fraction of sp³-hybridized carbons (Fsp3) is 0.250. The van der Waals surface area contributed by atoms with Crippen LogP contribution in [0.1, 0.15) is 42.3 Å². The molecule has 0 aliphatic carbocycles. The Balaban J connectivity index is 1.54. The number of anilines is 1. The van der Waals surface area contributed by atoms with Crippen molar-refractivity contribution in [2.75, 3.05) is 11.9 Å². The van der Waals surface area contributed by atoms with Crippen molar-refractivity contribution < 1.29 is 13.2 Å². The smallest absolute Gasteiger partial charge is 0.255 e. The van der Waals surface area contributed by atoms with Gasteiger partial charge in [0, 0.05) is 18.3 Å². The molecular formula is C24H27N3O3S. The van der Waals surface area contributed by atoms with Gasteiger partial charge in [-0.15, -0.1) is 0 Å². The summed E-state index contributed by atoms with van der Waals surface area (Å²) in [7, 11) is -3.57. The number of carbonyl (C=O) groups is 1. The molecule has 1 heterocycles. The van der Waals surface area contributed by atoms with Crippen molar-refractivity contribution in [2.24, 2.45) is 0 Å². The molecule has 6 nitrogen and oxygen atoms in total. The molecule has 3 rings (SSSR count). The average molecular weight is 438 g/mol. The van der Waals surface area contributed by atoms with Crippen LogP contribution in [-0.4, -0.2) is 25.9 Å². The third-order valence-corrected chi connectivity index (χ3v) is 6.35. The van der Waals surface area contributed by atoms with Gasteiger partial charge in [0.05, 0.1) is 16.8 Å². The lowest BCUT2D eigenvalue weighted by Gasteiger charge is -2.19. The molecule has 0 fully saturated rings. The van der Waals surface area contributed by atoms with E-state index in [4.69, 9.17) is 0 Å². The van der Waals surface area contributed by atoms with E-state index >= 15 is 0 Å². The van der Waals surface area contributed by atoms with Crippen LogP contribution in [0, 0.1) is 0 Å². The van der Waals surface area contributed by atoms with Crippen LogP contribution in [0.4, 0.5) is 5.69 Å². The Bertz CT molecular complexity index is 1120. The zero-order valence-electron chi connectivity index (χ0n) is 17.9. The minimum atomic E-state index is -3.57. The number of sulfonamides is 1. The third-order valence-electron chi connectivity index (χ3n) is 4.87. The number of hydrogen-bond acceptors (Lipinski definition) is 4. The Labute approximate surface area is 183 Å². The van der Waals surface area contributed by atoms with Crippen LogP contribution in [0.15, 0.2) is 78.0 Å². The van der Waals surface area contributed by atoms with Gasteiger partial charge in [-0.3, -0.25) is 9.78 Å². The van der Waals surface area contributed by atoms with Gasteiger partial charge in [-0.25, -0.2) is 13.1 Å². The van der Waals surface area contributed by atoms with Crippen LogP contribution in [0.3, 0.4) is 0 Å². The molecule has 0 aliphatic rings. The predicted octanol–water partition coefficient (Wildman–Crippen LogP) is 4.15. The van der Waals surface area contributed by atoms with E-state index in [1.807, 2.05) is 24.3 Å². The molecule has 7 heteroatoms. The Morgan fingerprint density at radius 1 is 0.968 bits per heavy atom. The summed E-state index contributed by atoms with van der Waals surface area (Å²) in [6.45, 7) is 6.53. The molecule has 0 aliphatic heterocycles. The average Bonchev–Trinajstić information content (AvgIpc) is 2.74. The minimum absolute atomic E-state index is 0.0310. The molecule has 2 N–H and O–H groups in total. The summed E-state index contributed by atoms with van der Waals surface area (Å²) < 4.78 is 27.7. The molecule has 0 unspecified atom stereocenters. The molecule has 0 saturated heterocycles. The van der Waals surface area contributed by atoms with Crippen molar-refractivity contribution in [3.63, 3.8) is 0 Å². The summed E-state index contributed by atoms with van der Waals surface area (Å²) in [5.74, 6) is -0.223. The van der Waals surface area contributed by atoms with Crippen molar-refractivity contribution in [1.29, 1.82) is 0 Å². The van der Waals surface area contributed by atoms with Crippen LogP contribution >= 0.6 is 0 Å². The number of amides is 1. The molecular weight excluding hydrogens is 410 g/mol. The number of nitrogens with one attached hydrogen (secondary N) is 2. The van der Waals surface area contributed by atoms with Crippen LogP contribution < -0.4 is 10.0 Å². The van der Waals surface area contributed by atoms with Crippen molar-refractivity contribution in [1.82, 2.24) is 9.71 Å². The highest BCUT2D eigenvalue weighted by Crippen LogP contribution is 2.23. The first kappa shape index (κ1) is 22.7. The minimum Gasteiger partial charge on any atom is -0.321 e. The van der Waals surface area contributed by atoms with Gasteiger partial charge in [-0.1, -0.05) is 45.0 Å². The number of benzene rings is 2. The molecule has 0 saturated carbocycles. The molecule has 0 radical (unpaired) electrons. The van der Waals surface area contributed by atoms with Gasteiger partial charge in [0.25, 0.3) is 5.91 Å². The fourth-order valence-corrected chi connectivity index (χ4v) is 4.04. The van der Waals surface area contributed by atoms with E-state index in [9.17, 15) is 13.2 Å². The molecule has 0 bridgehead atoms. The zero-order valence-corrected chi connectivity index (χ0v) is 18.7. The Morgan fingerprint density at radius 2 is 1.65 bits per heavy atom. The van der Waals surface area contributed by atoms with Crippen LogP contribution in [0.2, 0.25) is 0 Å². The zero-order chi connectivity index (χ0) is 22.5. The SMILES string of the molecule is CC(C)(C)c1ccc(S(=O)(=O)NCCc2ccc(C(=O)Nc3cccnc3)cc2)cc1. The van der Waals surface area contributed by atoms with E-state index in [1.165, 1.54) is 0 Å². The van der Waals surface area contributed by atoms with E-state index < -0.39 is 10.0 Å². The van der Waals surface area contributed by atoms with E-state index in [-0.39, 0.29) is 22.8 Å². The van der Waals surface area contributed by atoms with Crippen molar-refractivity contribution in [2.45, 2.75) is 37.5 Å². The van der Waals surface area contributed by atoms with E-state index in [0.29, 0.717) is 17.7 Å². The lowest BCUT2D eigenvalue weighted by Crippen LogP contribution is -2.26. The molecule has 1 amide bonds. The maximum absolute atomic E-state index is 12.5. The number of aromatic nitrogens is 1. The molecule has 31 heavy (non-hydrogen) atoms. The standard InChI is InChI=1S/C24H27N3O3S/c1-24(2,3)20-10-12-22(13-11-20)31(29,30)26-16-14-18-6-8-19(9-7-18)23(28)27-21-5-4-15-25-17-21/h4-13,15,17,26H,14,16H2,1-3H3,(H,27,28). The van der Waals surface area contributed by atoms with Crippen molar-refractivity contribution >= 4 is 21.6 Å². The van der Waals surface area contributed by atoms with E-state index in [1.54, 1.807) is 48.8 Å². The molecule has 162 valence electrons. The number of pyridine rings is 1. The largest absolute Gasteiger partial charge is 0.321 e. The van der Waals surface area contributed by atoms with Gasteiger partial charge in [0.1, 0.15) is 0 Å². The summed E-state index contributed by atoms with van der Waals surface area (Å²) in [6.07, 6.45) is 3.73. The second-order valence-electron chi connectivity index (χ2n) is 8.31. The van der Waals surface area contributed by atoms with Crippen LogP contribution in [-0.2, 0) is 21.9 Å². The quantitative estimate of drug-likeness (QED) is 0.581. The van der Waals surface area contributed by atoms with Gasteiger partial charge in [-0.2, -0.15) is 0 Å². The van der Waals surface area contributed by atoms with Gasteiger partial charge in [0.15, 0.2) is 0 Å². The number of rotatable bonds is 7. The molecule has 0 atom stereocenters. The monoisotopic (exact) mass is 437 g/mol. The molecule has 3 aromatic rings. The van der Waals surface area contributed by atoms with E-state index in [2.05, 4.69) is 35.8 Å². The van der Waals surface area contributed by atoms with Crippen molar-refractivity contribution in [3.8, 4) is 0 Å². The molecule has 2 aromatic carbocycles. The lowest BCUT2D eigenvalue weighted by atomic mass is 9.87. The highest BCUT2D eigenvalue weighted by Gasteiger charge is 2.17. The fourth-order valence-electron chi connectivity index (χ4n) is 3.01. The second kappa shape index (κ2) is 9.41.